The normalized spacial score (nSPS) is 10.6. The first kappa shape index (κ1) is 12.9. The highest BCUT2D eigenvalue weighted by Gasteiger charge is 1.97. The Hall–Kier alpha value is -2.55. The summed E-state index contributed by atoms with van der Waals surface area (Å²) in [6.07, 6.45) is 3.26. The summed E-state index contributed by atoms with van der Waals surface area (Å²) >= 11 is 0. The van der Waals surface area contributed by atoms with Gasteiger partial charge in [0.15, 0.2) is 0 Å². The molecule has 0 aliphatic heterocycles. The summed E-state index contributed by atoms with van der Waals surface area (Å²) in [5.74, 6) is -0.151. The largest absolute Gasteiger partial charge is 0.399 e. The molecular formula is C16H16N2O. The fourth-order valence-electron chi connectivity index (χ4n) is 1.69. The van der Waals surface area contributed by atoms with Crippen LogP contribution in [0.1, 0.15) is 11.1 Å². The molecule has 3 heteroatoms. The van der Waals surface area contributed by atoms with Gasteiger partial charge in [0.05, 0.1) is 0 Å². The molecule has 0 spiro atoms. The zero-order chi connectivity index (χ0) is 13.7. The highest BCUT2D eigenvalue weighted by molar-refractivity contribution is 6.01. The Morgan fingerprint density at radius 2 is 1.89 bits per heavy atom. The predicted molar refractivity (Wildman–Crippen MR) is 79.7 cm³/mol. The molecule has 0 aliphatic rings. The van der Waals surface area contributed by atoms with E-state index >= 15 is 0 Å². The number of aryl methyl sites for hydroxylation is 1. The van der Waals surface area contributed by atoms with Gasteiger partial charge >= 0.3 is 0 Å². The van der Waals surface area contributed by atoms with Gasteiger partial charge in [0.25, 0.3) is 0 Å². The Kier molecular flexibility index (Phi) is 3.98. The second-order valence-electron chi connectivity index (χ2n) is 4.36. The summed E-state index contributed by atoms with van der Waals surface area (Å²) in [4.78, 5) is 11.7. The van der Waals surface area contributed by atoms with Crippen molar-refractivity contribution >= 4 is 23.4 Å². The minimum atomic E-state index is -0.151. The number of carbonyl (C=O) groups excluding carboxylic acids is 1. The van der Waals surface area contributed by atoms with Crippen molar-refractivity contribution in [3.05, 3.63) is 65.7 Å². The summed E-state index contributed by atoms with van der Waals surface area (Å²) in [6.45, 7) is 1.99. The van der Waals surface area contributed by atoms with Crippen LogP contribution in [0.25, 0.3) is 6.08 Å². The number of anilines is 2. The second-order valence-corrected chi connectivity index (χ2v) is 4.36. The number of nitrogen functional groups attached to an aromatic ring is 1. The van der Waals surface area contributed by atoms with Crippen LogP contribution in [0.15, 0.2) is 54.6 Å². The Labute approximate surface area is 112 Å². The predicted octanol–water partition coefficient (Wildman–Crippen LogP) is 3.23. The average molecular weight is 252 g/mol. The van der Waals surface area contributed by atoms with E-state index in [9.17, 15) is 4.79 Å². The van der Waals surface area contributed by atoms with E-state index in [4.69, 9.17) is 5.73 Å². The summed E-state index contributed by atoms with van der Waals surface area (Å²) in [5.41, 5.74) is 9.15. The van der Waals surface area contributed by atoms with Crippen LogP contribution in [0.2, 0.25) is 0 Å². The SMILES string of the molecule is Cc1cccc(NC(=O)/C=C/c2ccc(N)cc2)c1. The maximum absolute atomic E-state index is 11.7. The number of amides is 1. The molecular weight excluding hydrogens is 236 g/mol. The fourth-order valence-corrected chi connectivity index (χ4v) is 1.69. The topological polar surface area (TPSA) is 55.1 Å². The molecule has 0 unspecified atom stereocenters. The van der Waals surface area contributed by atoms with Gasteiger partial charge in [-0.05, 0) is 48.4 Å². The summed E-state index contributed by atoms with van der Waals surface area (Å²) in [6, 6.07) is 15.0. The van der Waals surface area contributed by atoms with E-state index in [1.165, 1.54) is 6.08 Å². The molecule has 2 aromatic rings. The quantitative estimate of drug-likeness (QED) is 0.651. The van der Waals surface area contributed by atoms with Gasteiger partial charge in [0.2, 0.25) is 5.91 Å². The molecule has 0 saturated carbocycles. The molecule has 19 heavy (non-hydrogen) atoms. The molecule has 0 heterocycles. The van der Waals surface area contributed by atoms with E-state index < -0.39 is 0 Å². The molecule has 96 valence electrons. The molecule has 3 nitrogen and oxygen atoms in total. The molecule has 0 saturated heterocycles. The number of hydrogen-bond donors (Lipinski definition) is 2. The lowest BCUT2D eigenvalue weighted by Crippen LogP contribution is -2.07. The van der Waals surface area contributed by atoms with Crippen LogP contribution >= 0.6 is 0 Å². The van der Waals surface area contributed by atoms with E-state index in [-0.39, 0.29) is 5.91 Å². The van der Waals surface area contributed by atoms with Gasteiger partial charge in [0.1, 0.15) is 0 Å². The number of benzene rings is 2. The van der Waals surface area contributed by atoms with Gasteiger partial charge in [-0.25, -0.2) is 0 Å². The van der Waals surface area contributed by atoms with Gasteiger partial charge in [-0.3, -0.25) is 4.79 Å². The van der Waals surface area contributed by atoms with E-state index in [2.05, 4.69) is 5.32 Å². The third-order valence-corrected chi connectivity index (χ3v) is 2.65. The smallest absolute Gasteiger partial charge is 0.248 e. The Morgan fingerprint density at radius 3 is 2.58 bits per heavy atom. The number of carbonyl (C=O) groups is 1. The first-order valence-electron chi connectivity index (χ1n) is 6.05. The van der Waals surface area contributed by atoms with Crippen molar-refractivity contribution in [2.75, 3.05) is 11.1 Å². The summed E-state index contributed by atoms with van der Waals surface area (Å²) in [5, 5.41) is 2.81. The van der Waals surface area contributed by atoms with Crippen LogP contribution in [-0.4, -0.2) is 5.91 Å². The van der Waals surface area contributed by atoms with Crippen molar-refractivity contribution in [1.82, 2.24) is 0 Å². The zero-order valence-electron chi connectivity index (χ0n) is 10.8. The molecule has 0 aromatic heterocycles. The lowest BCUT2D eigenvalue weighted by Gasteiger charge is -2.02. The molecule has 1 amide bonds. The standard InChI is InChI=1S/C16H16N2O/c1-12-3-2-4-15(11-12)18-16(19)10-7-13-5-8-14(17)9-6-13/h2-11H,17H2,1H3,(H,18,19)/b10-7+. The van der Waals surface area contributed by atoms with Gasteiger partial charge in [-0.15, -0.1) is 0 Å². The monoisotopic (exact) mass is 252 g/mol. The van der Waals surface area contributed by atoms with Crippen molar-refractivity contribution in [1.29, 1.82) is 0 Å². The van der Waals surface area contributed by atoms with Crippen molar-refractivity contribution in [2.45, 2.75) is 6.92 Å². The zero-order valence-corrected chi connectivity index (χ0v) is 10.8. The first-order valence-corrected chi connectivity index (χ1v) is 6.05. The summed E-state index contributed by atoms with van der Waals surface area (Å²) < 4.78 is 0. The van der Waals surface area contributed by atoms with Gasteiger partial charge in [-0.2, -0.15) is 0 Å². The second kappa shape index (κ2) is 5.87. The molecule has 0 bridgehead atoms. The first-order chi connectivity index (χ1) is 9.13. The summed E-state index contributed by atoms with van der Waals surface area (Å²) in [7, 11) is 0. The van der Waals surface area contributed by atoms with Crippen molar-refractivity contribution in [3.8, 4) is 0 Å². The van der Waals surface area contributed by atoms with Crippen LogP contribution in [0, 0.1) is 6.92 Å². The third kappa shape index (κ3) is 4.00. The van der Waals surface area contributed by atoms with Gasteiger partial charge in [0, 0.05) is 17.5 Å². The lowest BCUT2D eigenvalue weighted by molar-refractivity contribution is -0.111. The highest BCUT2D eigenvalue weighted by atomic mass is 16.1. The molecule has 0 radical (unpaired) electrons. The lowest BCUT2D eigenvalue weighted by atomic mass is 10.2. The maximum Gasteiger partial charge on any atom is 0.248 e. The average Bonchev–Trinajstić information content (AvgIpc) is 2.38. The highest BCUT2D eigenvalue weighted by Crippen LogP contribution is 2.10. The van der Waals surface area contributed by atoms with Crippen LogP contribution in [-0.2, 0) is 4.79 Å². The van der Waals surface area contributed by atoms with Crippen LogP contribution in [0.5, 0.6) is 0 Å². The molecule has 0 atom stereocenters. The van der Waals surface area contributed by atoms with Crippen molar-refractivity contribution < 1.29 is 4.79 Å². The van der Waals surface area contributed by atoms with E-state index in [1.807, 2.05) is 43.3 Å². The van der Waals surface area contributed by atoms with Gasteiger partial charge < -0.3 is 11.1 Å². The molecule has 2 rings (SSSR count). The third-order valence-electron chi connectivity index (χ3n) is 2.65. The minimum Gasteiger partial charge on any atom is -0.399 e. The fraction of sp³-hybridized carbons (Fsp3) is 0.0625. The Morgan fingerprint density at radius 1 is 1.16 bits per heavy atom. The minimum absolute atomic E-state index is 0.151. The number of rotatable bonds is 3. The maximum atomic E-state index is 11.7. The van der Waals surface area contributed by atoms with Crippen LogP contribution < -0.4 is 11.1 Å². The molecule has 0 aliphatic carbocycles. The van der Waals surface area contributed by atoms with E-state index in [1.54, 1.807) is 18.2 Å². The van der Waals surface area contributed by atoms with Gasteiger partial charge in [-0.1, -0.05) is 24.3 Å². The molecule has 0 fully saturated rings. The molecule has 2 aromatic carbocycles. The Bertz CT molecular complexity index is 600. The van der Waals surface area contributed by atoms with E-state index in [0.717, 1.165) is 16.8 Å². The number of nitrogens with one attached hydrogen (secondary N) is 1. The van der Waals surface area contributed by atoms with E-state index in [0.29, 0.717) is 5.69 Å². The molecule has 3 N–H and O–H groups in total. The number of hydrogen-bond acceptors (Lipinski definition) is 2. The van der Waals surface area contributed by atoms with Crippen LogP contribution in [0.3, 0.4) is 0 Å². The Balaban J connectivity index is 1.99. The van der Waals surface area contributed by atoms with Crippen molar-refractivity contribution in [3.63, 3.8) is 0 Å². The number of nitrogens with two attached hydrogens (primary N) is 1. The van der Waals surface area contributed by atoms with Crippen molar-refractivity contribution in [2.24, 2.45) is 0 Å². The van der Waals surface area contributed by atoms with Crippen LogP contribution in [0.4, 0.5) is 11.4 Å².